The molecule has 0 aliphatic heterocycles. The standard InChI is InChI=1S/C15H20FNO2/c1-10-2-5-13(6-3-10)17-9-12-8-11(15(18)19)4-7-14(12)16/h4,7-8,10,13,17H,2-3,5-6,9H2,1H3,(H,18,19). The Bertz CT molecular complexity index is 453. The van der Waals surface area contributed by atoms with Gasteiger partial charge in [0.05, 0.1) is 5.56 Å². The second-order valence-corrected chi connectivity index (χ2v) is 5.45. The molecule has 0 amide bonds. The Morgan fingerprint density at radius 3 is 2.68 bits per heavy atom. The minimum Gasteiger partial charge on any atom is -0.478 e. The smallest absolute Gasteiger partial charge is 0.335 e. The lowest BCUT2D eigenvalue weighted by atomic mass is 9.87. The monoisotopic (exact) mass is 265 g/mol. The van der Waals surface area contributed by atoms with Gasteiger partial charge in [-0.3, -0.25) is 0 Å². The van der Waals surface area contributed by atoms with Crippen LogP contribution in [-0.2, 0) is 6.54 Å². The first-order valence-electron chi connectivity index (χ1n) is 6.81. The fraction of sp³-hybridized carbons (Fsp3) is 0.533. The minimum absolute atomic E-state index is 0.135. The van der Waals surface area contributed by atoms with Crippen LogP contribution >= 0.6 is 0 Å². The number of hydrogen-bond acceptors (Lipinski definition) is 2. The Kier molecular flexibility index (Phi) is 4.53. The van der Waals surface area contributed by atoms with E-state index in [2.05, 4.69) is 12.2 Å². The quantitative estimate of drug-likeness (QED) is 0.879. The van der Waals surface area contributed by atoms with Gasteiger partial charge in [-0.15, -0.1) is 0 Å². The molecule has 0 spiro atoms. The third-order valence-corrected chi connectivity index (χ3v) is 3.89. The topological polar surface area (TPSA) is 49.3 Å². The van der Waals surface area contributed by atoms with Crippen LogP contribution < -0.4 is 5.32 Å². The number of benzene rings is 1. The summed E-state index contributed by atoms with van der Waals surface area (Å²) in [6.07, 6.45) is 4.63. The Labute approximate surface area is 112 Å². The van der Waals surface area contributed by atoms with E-state index in [1.54, 1.807) is 0 Å². The van der Waals surface area contributed by atoms with Gasteiger partial charge in [0.2, 0.25) is 0 Å². The first-order chi connectivity index (χ1) is 9.06. The maximum absolute atomic E-state index is 13.6. The van der Waals surface area contributed by atoms with Crippen molar-refractivity contribution in [1.29, 1.82) is 0 Å². The van der Waals surface area contributed by atoms with Gasteiger partial charge in [0.1, 0.15) is 5.82 Å². The van der Waals surface area contributed by atoms with Gasteiger partial charge in [0.15, 0.2) is 0 Å². The summed E-state index contributed by atoms with van der Waals surface area (Å²) in [5, 5.41) is 12.2. The SMILES string of the molecule is CC1CCC(NCc2cc(C(=O)O)ccc2F)CC1. The molecule has 19 heavy (non-hydrogen) atoms. The summed E-state index contributed by atoms with van der Waals surface area (Å²) < 4.78 is 13.6. The second kappa shape index (κ2) is 6.15. The Hall–Kier alpha value is -1.42. The number of rotatable bonds is 4. The van der Waals surface area contributed by atoms with Crippen LogP contribution in [0.2, 0.25) is 0 Å². The van der Waals surface area contributed by atoms with Crippen LogP contribution in [0.4, 0.5) is 4.39 Å². The molecule has 2 rings (SSSR count). The van der Waals surface area contributed by atoms with E-state index in [1.807, 2.05) is 0 Å². The predicted octanol–water partition coefficient (Wildman–Crippen LogP) is 3.19. The molecule has 2 N–H and O–H groups in total. The van der Waals surface area contributed by atoms with Crippen molar-refractivity contribution in [3.8, 4) is 0 Å². The zero-order chi connectivity index (χ0) is 13.8. The molecule has 0 saturated heterocycles. The molecule has 1 aliphatic carbocycles. The van der Waals surface area contributed by atoms with E-state index < -0.39 is 5.97 Å². The average Bonchev–Trinajstić information content (AvgIpc) is 2.39. The summed E-state index contributed by atoms with van der Waals surface area (Å²) >= 11 is 0. The van der Waals surface area contributed by atoms with Crippen LogP contribution in [0.15, 0.2) is 18.2 Å². The molecule has 104 valence electrons. The van der Waals surface area contributed by atoms with Gasteiger partial charge in [0, 0.05) is 18.2 Å². The lowest BCUT2D eigenvalue weighted by molar-refractivity contribution is 0.0696. The Morgan fingerprint density at radius 2 is 2.05 bits per heavy atom. The van der Waals surface area contributed by atoms with Crippen LogP contribution in [0.25, 0.3) is 0 Å². The van der Waals surface area contributed by atoms with Crippen LogP contribution in [0.5, 0.6) is 0 Å². The lowest BCUT2D eigenvalue weighted by Gasteiger charge is -2.27. The highest BCUT2D eigenvalue weighted by molar-refractivity contribution is 5.87. The van der Waals surface area contributed by atoms with Gasteiger partial charge >= 0.3 is 5.97 Å². The zero-order valence-electron chi connectivity index (χ0n) is 11.2. The summed E-state index contributed by atoms with van der Waals surface area (Å²) in [7, 11) is 0. The van der Waals surface area contributed by atoms with E-state index in [1.165, 1.54) is 31.0 Å². The Balaban J connectivity index is 1.95. The predicted molar refractivity (Wildman–Crippen MR) is 71.6 cm³/mol. The van der Waals surface area contributed by atoms with Crippen molar-refractivity contribution >= 4 is 5.97 Å². The molecule has 1 saturated carbocycles. The highest BCUT2D eigenvalue weighted by Crippen LogP contribution is 2.23. The van der Waals surface area contributed by atoms with Crippen molar-refractivity contribution in [2.45, 2.75) is 45.2 Å². The van der Waals surface area contributed by atoms with Crippen LogP contribution in [0, 0.1) is 11.7 Å². The normalized spacial score (nSPS) is 23.3. The number of nitrogens with one attached hydrogen (secondary N) is 1. The average molecular weight is 265 g/mol. The molecular formula is C15H20FNO2. The number of carbonyl (C=O) groups is 1. The summed E-state index contributed by atoms with van der Waals surface area (Å²) in [5.74, 6) is -0.584. The largest absolute Gasteiger partial charge is 0.478 e. The zero-order valence-corrected chi connectivity index (χ0v) is 11.2. The third kappa shape index (κ3) is 3.77. The molecular weight excluding hydrogens is 245 g/mol. The Morgan fingerprint density at radius 1 is 1.37 bits per heavy atom. The number of aromatic carboxylic acids is 1. The highest BCUT2D eigenvalue weighted by atomic mass is 19.1. The molecule has 1 fully saturated rings. The van der Waals surface area contributed by atoms with Gasteiger partial charge in [-0.25, -0.2) is 9.18 Å². The fourth-order valence-electron chi connectivity index (χ4n) is 2.56. The van der Waals surface area contributed by atoms with Crippen LogP contribution in [0.1, 0.15) is 48.5 Å². The summed E-state index contributed by atoms with van der Waals surface area (Å²) in [6.45, 7) is 2.65. The van der Waals surface area contributed by atoms with E-state index in [9.17, 15) is 9.18 Å². The molecule has 4 heteroatoms. The number of carboxylic acid groups (broad SMARTS) is 1. The van der Waals surface area contributed by atoms with E-state index in [-0.39, 0.29) is 11.4 Å². The molecule has 0 aromatic heterocycles. The maximum Gasteiger partial charge on any atom is 0.335 e. The molecule has 0 radical (unpaired) electrons. The van der Waals surface area contributed by atoms with Crippen molar-refractivity contribution in [3.63, 3.8) is 0 Å². The summed E-state index contributed by atoms with van der Waals surface area (Å²) in [6, 6.07) is 4.35. The number of carboxylic acids is 1. The molecule has 3 nitrogen and oxygen atoms in total. The van der Waals surface area contributed by atoms with Crippen molar-refractivity contribution in [1.82, 2.24) is 5.32 Å². The first kappa shape index (κ1) is 14.0. The molecule has 0 atom stereocenters. The van der Waals surface area contributed by atoms with Crippen molar-refractivity contribution < 1.29 is 14.3 Å². The first-order valence-corrected chi connectivity index (χ1v) is 6.81. The van der Waals surface area contributed by atoms with Gasteiger partial charge in [-0.05, 0) is 49.8 Å². The molecule has 1 aromatic rings. The molecule has 0 bridgehead atoms. The van der Waals surface area contributed by atoms with Gasteiger partial charge in [0.25, 0.3) is 0 Å². The van der Waals surface area contributed by atoms with Crippen molar-refractivity contribution in [3.05, 3.63) is 35.1 Å². The van der Waals surface area contributed by atoms with E-state index in [0.29, 0.717) is 18.2 Å². The van der Waals surface area contributed by atoms with Crippen molar-refractivity contribution in [2.75, 3.05) is 0 Å². The number of hydrogen-bond donors (Lipinski definition) is 2. The van der Waals surface area contributed by atoms with Crippen LogP contribution in [0.3, 0.4) is 0 Å². The summed E-state index contributed by atoms with van der Waals surface area (Å²) in [4.78, 5) is 10.9. The highest BCUT2D eigenvalue weighted by Gasteiger charge is 2.18. The van der Waals surface area contributed by atoms with E-state index >= 15 is 0 Å². The lowest BCUT2D eigenvalue weighted by Crippen LogP contribution is -2.32. The molecule has 1 aliphatic rings. The van der Waals surface area contributed by atoms with Crippen LogP contribution in [-0.4, -0.2) is 17.1 Å². The van der Waals surface area contributed by atoms with Gasteiger partial charge in [-0.2, -0.15) is 0 Å². The van der Waals surface area contributed by atoms with Crippen molar-refractivity contribution in [2.24, 2.45) is 5.92 Å². The third-order valence-electron chi connectivity index (χ3n) is 3.89. The van der Waals surface area contributed by atoms with E-state index in [0.717, 1.165) is 18.8 Å². The maximum atomic E-state index is 13.6. The fourth-order valence-corrected chi connectivity index (χ4v) is 2.56. The molecule has 0 heterocycles. The summed E-state index contributed by atoms with van der Waals surface area (Å²) in [5.41, 5.74) is 0.564. The van der Waals surface area contributed by atoms with Gasteiger partial charge in [-0.1, -0.05) is 6.92 Å². The van der Waals surface area contributed by atoms with E-state index in [4.69, 9.17) is 5.11 Å². The minimum atomic E-state index is -1.02. The molecule has 1 aromatic carbocycles. The van der Waals surface area contributed by atoms with Gasteiger partial charge < -0.3 is 10.4 Å². The number of halogens is 1. The molecule has 0 unspecified atom stereocenters. The second-order valence-electron chi connectivity index (χ2n) is 5.45.